The van der Waals surface area contributed by atoms with Gasteiger partial charge in [0.15, 0.2) is 0 Å². The van der Waals surface area contributed by atoms with Crippen LogP contribution < -0.4 is 4.90 Å². The summed E-state index contributed by atoms with van der Waals surface area (Å²) < 4.78 is 0.922. The average Bonchev–Trinajstić information content (AvgIpc) is 2.48. The maximum Gasteiger partial charge on any atom is 0.0762 e. The van der Waals surface area contributed by atoms with Gasteiger partial charge in [-0.2, -0.15) is 0 Å². The van der Waals surface area contributed by atoms with Crippen molar-refractivity contribution >= 4 is 21.6 Å². The fourth-order valence-electron chi connectivity index (χ4n) is 2.25. The minimum Gasteiger partial charge on any atom is -0.395 e. The predicted molar refractivity (Wildman–Crippen MR) is 89.4 cm³/mol. The Kier molecular flexibility index (Phi) is 5.79. The Labute approximate surface area is 134 Å². The largest absolute Gasteiger partial charge is 0.395 e. The number of nitrogens with zero attached hydrogens (tertiary/aromatic N) is 1. The lowest BCUT2D eigenvalue weighted by Crippen LogP contribution is -2.26. The zero-order valence-electron chi connectivity index (χ0n) is 12.0. The molecule has 2 aromatic carbocycles. The maximum absolute atomic E-state index is 9.64. The van der Waals surface area contributed by atoms with Gasteiger partial charge in [0.25, 0.3) is 0 Å². The van der Waals surface area contributed by atoms with E-state index in [0.29, 0.717) is 6.54 Å². The van der Waals surface area contributed by atoms with Gasteiger partial charge in [-0.25, -0.2) is 0 Å². The SMILES string of the molecule is C[C@@H](O)c1ccc(N(CCO)Cc2ccccc2)c(Br)c1. The van der Waals surface area contributed by atoms with Crippen LogP contribution in [-0.2, 0) is 6.54 Å². The van der Waals surface area contributed by atoms with Gasteiger partial charge >= 0.3 is 0 Å². The van der Waals surface area contributed by atoms with Crippen LogP contribution in [0.1, 0.15) is 24.2 Å². The first-order valence-corrected chi connectivity index (χ1v) is 7.78. The van der Waals surface area contributed by atoms with Crippen LogP contribution >= 0.6 is 15.9 Å². The number of hydrogen-bond donors (Lipinski definition) is 2. The van der Waals surface area contributed by atoms with Gasteiger partial charge in [-0.3, -0.25) is 0 Å². The third-order valence-corrected chi connectivity index (χ3v) is 4.02. The molecule has 0 aliphatic heterocycles. The number of aliphatic hydroxyl groups is 2. The fourth-order valence-corrected chi connectivity index (χ4v) is 2.90. The Balaban J connectivity index is 2.25. The average molecular weight is 350 g/mol. The first-order valence-electron chi connectivity index (χ1n) is 6.99. The first kappa shape index (κ1) is 16.0. The molecule has 4 heteroatoms. The van der Waals surface area contributed by atoms with Gasteiger partial charge in [0.2, 0.25) is 0 Å². The summed E-state index contributed by atoms with van der Waals surface area (Å²) in [7, 11) is 0. The molecule has 112 valence electrons. The predicted octanol–water partition coefficient (Wildman–Crippen LogP) is 3.50. The number of anilines is 1. The van der Waals surface area contributed by atoms with Crippen LogP contribution in [-0.4, -0.2) is 23.4 Å². The summed E-state index contributed by atoms with van der Waals surface area (Å²) in [4.78, 5) is 2.12. The smallest absolute Gasteiger partial charge is 0.0762 e. The third-order valence-electron chi connectivity index (χ3n) is 3.38. The van der Waals surface area contributed by atoms with Crippen LogP contribution in [0.2, 0.25) is 0 Å². The van der Waals surface area contributed by atoms with Crippen molar-refractivity contribution in [2.24, 2.45) is 0 Å². The molecule has 0 fully saturated rings. The summed E-state index contributed by atoms with van der Waals surface area (Å²) in [6.45, 7) is 3.13. The van der Waals surface area contributed by atoms with E-state index >= 15 is 0 Å². The van der Waals surface area contributed by atoms with Gasteiger partial charge < -0.3 is 15.1 Å². The quantitative estimate of drug-likeness (QED) is 0.838. The highest BCUT2D eigenvalue weighted by Gasteiger charge is 2.12. The zero-order valence-corrected chi connectivity index (χ0v) is 13.6. The van der Waals surface area contributed by atoms with Crippen LogP contribution in [0.4, 0.5) is 5.69 Å². The van der Waals surface area contributed by atoms with E-state index in [1.54, 1.807) is 6.92 Å². The van der Waals surface area contributed by atoms with E-state index in [1.807, 2.05) is 36.4 Å². The summed E-state index contributed by atoms with van der Waals surface area (Å²) in [5.41, 5.74) is 3.07. The maximum atomic E-state index is 9.64. The molecule has 0 spiro atoms. The highest BCUT2D eigenvalue weighted by molar-refractivity contribution is 9.10. The van der Waals surface area contributed by atoms with E-state index in [4.69, 9.17) is 0 Å². The highest BCUT2D eigenvalue weighted by atomic mass is 79.9. The van der Waals surface area contributed by atoms with Crippen molar-refractivity contribution in [2.75, 3.05) is 18.1 Å². The summed E-state index contributed by atoms with van der Waals surface area (Å²) in [5, 5.41) is 19.0. The molecule has 2 aromatic rings. The Bertz CT molecular complexity index is 572. The molecule has 0 unspecified atom stereocenters. The molecule has 0 aromatic heterocycles. The van der Waals surface area contributed by atoms with E-state index < -0.39 is 6.10 Å². The minimum absolute atomic E-state index is 0.0947. The van der Waals surface area contributed by atoms with E-state index in [-0.39, 0.29) is 6.61 Å². The lowest BCUT2D eigenvalue weighted by atomic mass is 10.1. The van der Waals surface area contributed by atoms with Crippen LogP contribution in [0.5, 0.6) is 0 Å². The van der Waals surface area contributed by atoms with Crippen molar-refractivity contribution in [3.63, 3.8) is 0 Å². The third kappa shape index (κ3) is 4.30. The molecule has 0 saturated heterocycles. The van der Waals surface area contributed by atoms with Crippen molar-refractivity contribution in [3.8, 4) is 0 Å². The molecular weight excluding hydrogens is 330 g/mol. The lowest BCUT2D eigenvalue weighted by molar-refractivity contribution is 0.199. The molecule has 2 N–H and O–H groups in total. The molecule has 1 atom stereocenters. The van der Waals surface area contributed by atoms with E-state index in [9.17, 15) is 10.2 Å². The fraction of sp³-hybridized carbons (Fsp3) is 0.294. The standard InChI is InChI=1S/C17H20BrNO2/c1-13(21)15-7-8-17(16(18)11-15)19(9-10-20)12-14-5-3-2-4-6-14/h2-8,11,13,20-21H,9-10,12H2,1H3/t13-/m1/s1. The molecule has 0 aliphatic rings. The minimum atomic E-state index is -0.490. The Morgan fingerprint density at radius 2 is 1.86 bits per heavy atom. The van der Waals surface area contributed by atoms with Gasteiger partial charge in [0, 0.05) is 17.6 Å². The van der Waals surface area contributed by atoms with Gasteiger partial charge in [-0.1, -0.05) is 36.4 Å². The molecule has 0 saturated carbocycles. The Hall–Kier alpha value is -1.36. The normalized spacial score (nSPS) is 12.2. The highest BCUT2D eigenvalue weighted by Crippen LogP contribution is 2.30. The van der Waals surface area contributed by atoms with E-state index in [0.717, 1.165) is 22.3 Å². The van der Waals surface area contributed by atoms with Crippen molar-refractivity contribution in [2.45, 2.75) is 19.6 Å². The summed E-state index contributed by atoms with van der Waals surface area (Å²) >= 11 is 3.57. The number of hydrogen-bond acceptors (Lipinski definition) is 3. The summed E-state index contributed by atoms with van der Waals surface area (Å²) in [6, 6.07) is 16.0. The van der Waals surface area contributed by atoms with Crippen LogP contribution in [0, 0.1) is 0 Å². The van der Waals surface area contributed by atoms with Crippen molar-refractivity contribution in [1.82, 2.24) is 0 Å². The Morgan fingerprint density at radius 1 is 1.14 bits per heavy atom. The van der Waals surface area contributed by atoms with Gasteiger partial charge in [0.05, 0.1) is 18.4 Å². The molecule has 2 rings (SSSR count). The lowest BCUT2D eigenvalue weighted by Gasteiger charge is -2.26. The van der Waals surface area contributed by atoms with Crippen LogP contribution in [0.25, 0.3) is 0 Å². The van der Waals surface area contributed by atoms with Crippen molar-refractivity contribution < 1.29 is 10.2 Å². The molecule has 21 heavy (non-hydrogen) atoms. The molecule has 0 heterocycles. The molecule has 0 aliphatic carbocycles. The van der Waals surface area contributed by atoms with Crippen molar-refractivity contribution in [3.05, 3.63) is 64.1 Å². The zero-order chi connectivity index (χ0) is 15.2. The molecule has 3 nitrogen and oxygen atoms in total. The van der Waals surface area contributed by atoms with E-state index in [2.05, 4.69) is 33.0 Å². The van der Waals surface area contributed by atoms with Gasteiger partial charge in [-0.05, 0) is 46.1 Å². The molecule has 0 bridgehead atoms. The molecule has 0 radical (unpaired) electrons. The van der Waals surface area contributed by atoms with Gasteiger partial charge in [0.1, 0.15) is 0 Å². The van der Waals surface area contributed by atoms with E-state index in [1.165, 1.54) is 5.56 Å². The number of aliphatic hydroxyl groups excluding tert-OH is 2. The monoisotopic (exact) mass is 349 g/mol. The second-order valence-corrected chi connectivity index (χ2v) is 5.87. The summed E-state index contributed by atoms with van der Waals surface area (Å²) in [6.07, 6.45) is -0.490. The first-order chi connectivity index (χ1) is 10.1. The van der Waals surface area contributed by atoms with Crippen molar-refractivity contribution in [1.29, 1.82) is 0 Å². The topological polar surface area (TPSA) is 43.7 Å². The second-order valence-electron chi connectivity index (χ2n) is 5.02. The molecule has 0 amide bonds. The summed E-state index contributed by atoms with van der Waals surface area (Å²) in [5.74, 6) is 0. The van der Waals surface area contributed by atoms with Crippen LogP contribution in [0.15, 0.2) is 53.0 Å². The van der Waals surface area contributed by atoms with Gasteiger partial charge in [-0.15, -0.1) is 0 Å². The second kappa shape index (κ2) is 7.59. The number of halogens is 1. The molecular formula is C17H20BrNO2. The Morgan fingerprint density at radius 3 is 2.43 bits per heavy atom. The number of benzene rings is 2. The number of rotatable bonds is 6. The van der Waals surface area contributed by atoms with Crippen LogP contribution in [0.3, 0.4) is 0 Å².